The second-order valence-electron chi connectivity index (χ2n) is 4.31. The lowest BCUT2D eigenvalue weighted by Crippen LogP contribution is -2.29. The Morgan fingerprint density at radius 2 is 2.17 bits per heavy atom. The van der Waals surface area contributed by atoms with Gasteiger partial charge in [-0.15, -0.1) is 11.6 Å². The Morgan fingerprint density at radius 1 is 1.56 bits per heavy atom. The second-order valence-corrected chi connectivity index (χ2v) is 7.05. The van der Waals surface area contributed by atoms with Crippen LogP contribution in [0.5, 0.6) is 0 Å². The van der Waals surface area contributed by atoms with E-state index in [0.29, 0.717) is 25.3 Å². The van der Waals surface area contributed by atoms with Gasteiger partial charge in [-0.05, 0) is 27.2 Å². The highest BCUT2D eigenvalue weighted by Gasteiger charge is 2.24. The lowest BCUT2D eigenvalue weighted by atomic mass is 10.3. The fourth-order valence-corrected chi connectivity index (χ4v) is 2.83. The normalized spacial score (nSPS) is 14.1. The average Bonchev–Trinajstić information content (AvgIpc) is 2.67. The number of alkyl halides is 1. The van der Waals surface area contributed by atoms with Crippen LogP contribution in [-0.2, 0) is 16.6 Å². The molecule has 104 valence electrons. The van der Waals surface area contributed by atoms with Gasteiger partial charge in [-0.3, -0.25) is 0 Å². The third-order valence-corrected chi connectivity index (χ3v) is 4.76. The monoisotopic (exact) mass is 293 g/mol. The number of imidazole rings is 1. The molecule has 0 aliphatic carbocycles. The maximum atomic E-state index is 12.2. The number of aryl methyl sites for hydroxylation is 2. The minimum absolute atomic E-state index is 0.0439. The summed E-state index contributed by atoms with van der Waals surface area (Å²) >= 11 is 5.83. The van der Waals surface area contributed by atoms with Gasteiger partial charge in [0.1, 0.15) is 5.82 Å². The molecule has 0 fully saturated rings. The molecule has 0 saturated heterocycles. The van der Waals surface area contributed by atoms with Gasteiger partial charge in [-0.1, -0.05) is 0 Å². The van der Waals surface area contributed by atoms with Gasteiger partial charge >= 0.3 is 0 Å². The van der Waals surface area contributed by atoms with Crippen molar-refractivity contribution in [3.63, 3.8) is 0 Å². The molecule has 0 aliphatic heterocycles. The molecule has 0 aromatic carbocycles. The maximum absolute atomic E-state index is 12.2. The summed E-state index contributed by atoms with van der Waals surface area (Å²) in [5.41, 5.74) is 0. The van der Waals surface area contributed by atoms with Crippen LogP contribution < -0.4 is 0 Å². The Bertz CT molecular complexity index is 496. The number of hydrogen-bond donors (Lipinski definition) is 0. The topological polar surface area (TPSA) is 55.2 Å². The number of hydrogen-bond acceptors (Lipinski definition) is 3. The summed E-state index contributed by atoms with van der Waals surface area (Å²) in [6, 6.07) is 0. The van der Waals surface area contributed by atoms with Crippen LogP contribution in [0.1, 0.15) is 26.1 Å². The lowest BCUT2D eigenvalue weighted by Gasteiger charge is -2.15. The van der Waals surface area contributed by atoms with E-state index in [1.807, 2.05) is 18.4 Å². The molecule has 0 aliphatic rings. The third-order valence-electron chi connectivity index (χ3n) is 2.81. The van der Waals surface area contributed by atoms with Crippen LogP contribution in [0.25, 0.3) is 0 Å². The molecule has 5 nitrogen and oxygen atoms in total. The van der Waals surface area contributed by atoms with Crippen molar-refractivity contribution in [2.75, 3.05) is 13.6 Å². The molecule has 1 atom stereocenters. The molecule has 0 saturated carbocycles. The summed E-state index contributed by atoms with van der Waals surface area (Å²) in [5.74, 6) is 0.704. The molecular weight excluding hydrogens is 274 g/mol. The largest absolute Gasteiger partial charge is 0.334 e. The summed E-state index contributed by atoms with van der Waals surface area (Å²) < 4.78 is 27.6. The van der Waals surface area contributed by atoms with Gasteiger partial charge in [0.05, 0.1) is 0 Å². The maximum Gasteiger partial charge on any atom is 0.261 e. The van der Waals surface area contributed by atoms with E-state index in [1.165, 1.54) is 4.31 Å². The standard InChI is InChI=1S/C11H20ClN3O2S/c1-5-15-8-11(13-10(15)3)18(16,17)14(4)7-6-9(2)12/h8-9H,5-7H2,1-4H3. The van der Waals surface area contributed by atoms with Crippen molar-refractivity contribution in [3.05, 3.63) is 12.0 Å². The number of aromatic nitrogens is 2. The molecule has 7 heteroatoms. The van der Waals surface area contributed by atoms with Gasteiger partial charge in [0.2, 0.25) is 0 Å². The molecule has 1 unspecified atom stereocenters. The molecule has 0 radical (unpaired) electrons. The second kappa shape index (κ2) is 6.04. The first kappa shape index (κ1) is 15.5. The van der Waals surface area contributed by atoms with Crippen molar-refractivity contribution in [3.8, 4) is 0 Å². The van der Waals surface area contributed by atoms with Crippen molar-refractivity contribution < 1.29 is 8.42 Å². The van der Waals surface area contributed by atoms with Crippen molar-refractivity contribution in [1.29, 1.82) is 0 Å². The minimum atomic E-state index is -3.50. The van der Waals surface area contributed by atoms with Crippen molar-refractivity contribution >= 4 is 21.6 Å². The smallest absolute Gasteiger partial charge is 0.261 e. The Kier molecular flexibility index (Phi) is 5.19. The SMILES string of the molecule is CCn1cc(S(=O)(=O)N(C)CCC(C)Cl)nc1C. The number of rotatable bonds is 6. The van der Waals surface area contributed by atoms with Crippen molar-refractivity contribution in [2.45, 2.75) is 44.1 Å². The number of halogens is 1. The van der Waals surface area contributed by atoms with E-state index in [-0.39, 0.29) is 10.4 Å². The molecule has 0 spiro atoms. The van der Waals surface area contributed by atoms with Gasteiger partial charge in [0, 0.05) is 31.7 Å². The van der Waals surface area contributed by atoms with E-state index in [9.17, 15) is 8.42 Å². The predicted molar refractivity (Wildman–Crippen MR) is 72.4 cm³/mol. The van der Waals surface area contributed by atoms with E-state index < -0.39 is 10.0 Å². The van der Waals surface area contributed by atoms with E-state index in [2.05, 4.69) is 4.98 Å². The predicted octanol–water partition coefficient (Wildman–Crippen LogP) is 1.85. The molecule has 18 heavy (non-hydrogen) atoms. The lowest BCUT2D eigenvalue weighted by molar-refractivity contribution is 0.458. The molecular formula is C11H20ClN3O2S. The van der Waals surface area contributed by atoms with Gasteiger partial charge in [0.15, 0.2) is 5.03 Å². The number of nitrogens with zero attached hydrogens (tertiary/aromatic N) is 3. The summed E-state index contributed by atoms with van der Waals surface area (Å²) in [6.07, 6.45) is 2.19. The Balaban J connectivity index is 2.91. The summed E-state index contributed by atoms with van der Waals surface area (Å²) in [6.45, 7) is 6.69. The van der Waals surface area contributed by atoms with Gasteiger partial charge < -0.3 is 4.57 Å². The zero-order valence-electron chi connectivity index (χ0n) is 11.2. The molecule has 1 aromatic rings. The van der Waals surface area contributed by atoms with Crippen LogP contribution >= 0.6 is 11.6 Å². The highest BCUT2D eigenvalue weighted by Crippen LogP contribution is 2.15. The quantitative estimate of drug-likeness (QED) is 0.752. The molecule has 0 N–H and O–H groups in total. The van der Waals surface area contributed by atoms with E-state index >= 15 is 0 Å². The summed E-state index contributed by atoms with van der Waals surface area (Å²) in [7, 11) is -1.95. The van der Waals surface area contributed by atoms with Crippen LogP contribution in [0, 0.1) is 6.92 Å². The van der Waals surface area contributed by atoms with Gasteiger partial charge in [0.25, 0.3) is 10.0 Å². The molecule has 0 amide bonds. The van der Waals surface area contributed by atoms with Crippen molar-refractivity contribution in [1.82, 2.24) is 13.9 Å². The van der Waals surface area contributed by atoms with Gasteiger partial charge in [-0.25, -0.2) is 13.4 Å². The van der Waals surface area contributed by atoms with E-state index in [1.54, 1.807) is 20.2 Å². The highest BCUT2D eigenvalue weighted by molar-refractivity contribution is 7.89. The fourth-order valence-electron chi connectivity index (χ4n) is 1.56. The Labute approximate surface area is 114 Å². The molecule has 1 aromatic heterocycles. The highest BCUT2D eigenvalue weighted by atomic mass is 35.5. The van der Waals surface area contributed by atoms with E-state index in [4.69, 9.17) is 11.6 Å². The number of sulfonamides is 1. The third kappa shape index (κ3) is 3.46. The van der Waals surface area contributed by atoms with Crippen molar-refractivity contribution in [2.24, 2.45) is 0 Å². The zero-order valence-corrected chi connectivity index (χ0v) is 12.8. The van der Waals surface area contributed by atoms with E-state index in [0.717, 1.165) is 0 Å². The fraction of sp³-hybridized carbons (Fsp3) is 0.727. The van der Waals surface area contributed by atoms with Crippen LogP contribution in [0.2, 0.25) is 0 Å². The first-order chi connectivity index (χ1) is 8.28. The zero-order chi connectivity index (χ0) is 13.9. The van der Waals surface area contributed by atoms with Gasteiger partial charge in [-0.2, -0.15) is 4.31 Å². The molecule has 0 bridgehead atoms. The summed E-state index contributed by atoms with van der Waals surface area (Å²) in [5, 5.41) is 0.0594. The van der Waals surface area contributed by atoms with Crippen LogP contribution in [0.3, 0.4) is 0 Å². The Hall–Kier alpha value is -0.590. The van der Waals surface area contributed by atoms with Crippen LogP contribution in [0.15, 0.2) is 11.2 Å². The summed E-state index contributed by atoms with van der Waals surface area (Å²) in [4.78, 5) is 4.10. The first-order valence-electron chi connectivity index (χ1n) is 5.93. The minimum Gasteiger partial charge on any atom is -0.334 e. The molecule has 1 rings (SSSR count). The average molecular weight is 294 g/mol. The van der Waals surface area contributed by atoms with Crippen LogP contribution in [0.4, 0.5) is 0 Å². The first-order valence-corrected chi connectivity index (χ1v) is 7.80. The van der Waals surface area contributed by atoms with Crippen LogP contribution in [-0.4, -0.2) is 41.2 Å². The molecule has 1 heterocycles. The Morgan fingerprint density at radius 3 is 2.61 bits per heavy atom.